The Labute approximate surface area is 107 Å². The zero-order valence-corrected chi connectivity index (χ0v) is 10.6. The van der Waals surface area contributed by atoms with E-state index in [0.29, 0.717) is 5.92 Å². The lowest BCUT2D eigenvalue weighted by atomic mass is 9.93. The van der Waals surface area contributed by atoms with Gasteiger partial charge in [0.1, 0.15) is 0 Å². The van der Waals surface area contributed by atoms with Crippen LogP contribution in [0.4, 0.5) is 0 Å². The van der Waals surface area contributed by atoms with Crippen LogP contribution in [0.15, 0.2) is 42.5 Å². The standard InChI is InChI=1S/C16H18O2/c1-12(5-4-8-16(17)18)14-10-9-13-6-2-3-7-15(13)11-14/h2-3,6-7,9-12H,4-5,8H2,1H3,(H,17,18)/t12-/m0/s1. The van der Waals surface area contributed by atoms with Crippen LogP contribution in [0.1, 0.15) is 37.7 Å². The highest BCUT2D eigenvalue weighted by Crippen LogP contribution is 2.25. The molecular formula is C16H18O2. The Kier molecular flexibility index (Phi) is 3.98. The highest BCUT2D eigenvalue weighted by atomic mass is 16.4. The molecule has 0 aliphatic carbocycles. The summed E-state index contributed by atoms with van der Waals surface area (Å²) in [6.45, 7) is 2.16. The third-order valence-corrected chi connectivity index (χ3v) is 3.37. The number of carbonyl (C=O) groups is 1. The molecule has 2 heteroatoms. The normalized spacial score (nSPS) is 12.5. The van der Waals surface area contributed by atoms with Gasteiger partial charge in [0.05, 0.1) is 0 Å². The molecule has 0 aliphatic rings. The molecule has 18 heavy (non-hydrogen) atoms. The third kappa shape index (κ3) is 3.10. The van der Waals surface area contributed by atoms with Gasteiger partial charge in [-0.25, -0.2) is 0 Å². The van der Waals surface area contributed by atoms with Crippen LogP contribution in [0.5, 0.6) is 0 Å². The minimum absolute atomic E-state index is 0.262. The molecule has 2 aromatic rings. The van der Waals surface area contributed by atoms with Crippen molar-refractivity contribution in [3.05, 3.63) is 48.0 Å². The van der Waals surface area contributed by atoms with Gasteiger partial charge in [-0.15, -0.1) is 0 Å². The Morgan fingerprint density at radius 1 is 1.17 bits per heavy atom. The van der Waals surface area contributed by atoms with Crippen molar-refractivity contribution in [1.82, 2.24) is 0 Å². The Morgan fingerprint density at radius 2 is 1.89 bits per heavy atom. The molecule has 1 atom stereocenters. The zero-order valence-electron chi connectivity index (χ0n) is 10.6. The minimum atomic E-state index is -0.708. The molecule has 0 aliphatic heterocycles. The van der Waals surface area contributed by atoms with Crippen molar-refractivity contribution in [1.29, 1.82) is 0 Å². The Morgan fingerprint density at radius 3 is 2.61 bits per heavy atom. The van der Waals surface area contributed by atoms with Crippen molar-refractivity contribution in [2.75, 3.05) is 0 Å². The van der Waals surface area contributed by atoms with Gasteiger partial charge in [-0.3, -0.25) is 4.79 Å². The van der Waals surface area contributed by atoms with E-state index in [9.17, 15) is 4.79 Å². The summed E-state index contributed by atoms with van der Waals surface area (Å²) in [4.78, 5) is 10.5. The van der Waals surface area contributed by atoms with Gasteiger partial charge in [-0.2, -0.15) is 0 Å². The van der Waals surface area contributed by atoms with Crippen molar-refractivity contribution in [2.24, 2.45) is 0 Å². The average molecular weight is 242 g/mol. The van der Waals surface area contributed by atoms with Crippen LogP contribution in [0.3, 0.4) is 0 Å². The topological polar surface area (TPSA) is 37.3 Å². The smallest absolute Gasteiger partial charge is 0.303 e. The molecule has 0 amide bonds. The number of aliphatic carboxylic acids is 1. The molecule has 0 spiro atoms. The van der Waals surface area contributed by atoms with Gasteiger partial charge in [0.2, 0.25) is 0 Å². The van der Waals surface area contributed by atoms with Crippen LogP contribution in [0.2, 0.25) is 0 Å². The number of benzene rings is 2. The maximum atomic E-state index is 10.5. The largest absolute Gasteiger partial charge is 0.481 e. The van der Waals surface area contributed by atoms with Gasteiger partial charge < -0.3 is 5.11 Å². The quantitative estimate of drug-likeness (QED) is 0.853. The van der Waals surface area contributed by atoms with Gasteiger partial charge in [0.15, 0.2) is 0 Å². The number of hydrogen-bond acceptors (Lipinski definition) is 1. The number of rotatable bonds is 5. The minimum Gasteiger partial charge on any atom is -0.481 e. The van der Waals surface area contributed by atoms with Crippen LogP contribution >= 0.6 is 0 Å². The predicted octanol–water partition coefficient (Wildman–Crippen LogP) is 4.20. The first-order valence-corrected chi connectivity index (χ1v) is 6.37. The Hall–Kier alpha value is -1.83. The molecule has 2 nitrogen and oxygen atoms in total. The van der Waals surface area contributed by atoms with E-state index in [4.69, 9.17) is 5.11 Å². The molecule has 0 bridgehead atoms. The Balaban J connectivity index is 2.08. The predicted molar refractivity (Wildman–Crippen MR) is 73.8 cm³/mol. The highest BCUT2D eigenvalue weighted by molar-refractivity contribution is 5.83. The summed E-state index contributed by atoms with van der Waals surface area (Å²) in [7, 11) is 0. The molecule has 94 valence electrons. The lowest BCUT2D eigenvalue weighted by Crippen LogP contribution is -1.98. The van der Waals surface area contributed by atoms with Gasteiger partial charge in [-0.1, -0.05) is 49.4 Å². The molecule has 2 aromatic carbocycles. The molecule has 0 saturated heterocycles. The van der Waals surface area contributed by atoms with Crippen molar-refractivity contribution in [3.8, 4) is 0 Å². The third-order valence-electron chi connectivity index (χ3n) is 3.37. The zero-order chi connectivity index (χ0) is 13.0. The van der Waals surface area contributed by atoms with Crippen LogP contribution in [-0.4, -0.2) is 11.1 Å². The summed E-state index contributed by atoms with van der Waals surface area (Å²) in [6.07, 6.45) is 1.92. The fraction of sp³-hybridized carbons (Fsp3) is 0.312. The second-order valence-corrected chi connectivity index (χ2v) is 4.79. The van der Waals surface area contributed by atoms with E-state index in [1.807, 2.05) is 12.1 Å². The first-order chi connectivity index (χ1) is 8.66. The van der Waals surface area contributed by atoms with Crippen LogP contribution in [0, 0.1) is 0 Å². The van der Waals surface area contributed by atoms with Gasteiger partial charge >= 0.3 is 5.97 Å². The SMILES string of the molecule is C[C@@H](CCCC(=O)O)c1ccc2ccccc2c1. The second-order valence-electron chi connectivity index (χ2n) is 4.79. The van der Waals surface area contributed by atoms with E-state index >= 15 is 0 Å². The Bertz CT molecular complexity index is 546. The lowest BCUT2D eigenvalue weighted by molar-refractivity contribution is -0.137. The van der Waals surface area contributed by atoms with Crippen molar-refractivity contribution in [2.45, 2.75) is 32.1 Å². The molecular weight excluding hydrogens is 224 g/mol. The van der Waals surface area contributed by atoms with E-state index in [2.05, 4.69) is 37.3 Å². The van der Waals surface area contributed by atoms with E-state index in [-0.39, 0.29) is 6.42 Å². The molecule has 1 N–H and O–H groups in total. The first-order valence-electron chi connectivity index (χ1n) is 6.37. The van der Waals surface area contributed by atoms with Crippen LogP contribution in [-0.2, 0) is 4.79 Å². The highest BCUT2D eigenvalue weighted by Gasteiger charge is 2.07. The van der Waals surface area contributed by atoms with E-state index < -0.39 is 5.97 Å². The fourth-order valence-corrected chi connectivity index (χ4v) is 2.24. The molecule has 0 unspecified atom stereocenters. The molecule has 0 radical (unpaired) electrons. The second kappa shape index (κ2) is 5.67. The van der Waals surface area contributed by atoms with Gasteiger partial charge in [-0.05, 0) is 35.1 Å². The van der Waals surface area contributed by atoms with Crippen molar-refractivity contribution in [3.63, 3.8) is 0 Å². The number of carboxylic acids is 1. The maximum absolute atomic E-state index is 10.5. The fourth-order valence-electron chi connectivity index (χ4n) is 2.24. The molecule has 2 rings (SSSR count). The molecule has 0 fully saturated rings. The van der Waals surface area contributed by atoms with E-state index in [0.717, 1.165) is 12.8 Å². The summed E-state index contributed by atoms with van der Waals surface area (Å²) in [5.41, 5.74) is 1.29. The molecule has 0 heterocycles. The van der Waals surface area contributed by atoms with Gasteiger partial charge in [0.25, 0.3) is 0 Å². The summed E-state index contributed by atoms with van der Waals surface area (Å²) >= 11 is 0. The first kappa shape index (κ1) is 12.6. The van der Waals surface area contributed by atoms with Crippen molar-refractivity contribution < 1.29 is 9.90 Å². The van der Waals surface area contributed by atoms with Crippen molar-refractivity contribution >= 4 is 16.7 Å². The number of carboxylic acid groups (broad SMARTS) is 1. The lowest BCUT2D eigenvalue weighted by Gasteiger charge is -2.12. The monoisotopic (exact) mass is 242 g/mol. The number of hydrogen-bond donors (Lipinski definition) is 1. The van der Waals surface area contributed by atoms with E-state index in [1.54, 1.807) is 0 Å². The van der Waals surface area contributed by atoms with E-state index in [1.165, 1.54) is 16.3 Å². The molecule has 0 aromatic heterocycles. The summed E-state index contributed by atoms with van der Waals surface area (Å²) in [5.74, 6) is -0.297. The summed E-state index contributed by atoms with van der Waals surface area (Å²) in [6, 6.07) is 14.8. The summed E-state index contributed by atoms with van der Waals surface area (Å²) < 4.78 is 0. The summed E-state index contributed by atoms with van der Waals surface area (Å²) in [5, 5.41) is 11.1. The molecule has 0 saturated carbocycles. The average Bonchev–Trinajstić information content (AvgIpc) is 2.37. The number of fused-ring (bicyclic) bond motifs is 1. The van der Waals surface area contributed by atoms with Gasteiger partial charge in [0, 0.05) is 6.42 Å². The van der Waals surface area contributed by atoms with Crippen LogP contribution in [0.25, 0.3) is 10.8 Å². The maximum Gasteiger partial charge on any atom is 0.303 e. The van der Waals surface area contributed by atoms with Crippen LogP contribution < -0.4 is 0 Å².